The van der Waals surface area contributed by atoms with E-state index in [9.17, 15) is 19.0 Å². The first-order valence-electron chi connectivity index (χ1n) is 20.1. The maximum absolute atomic E-state index is 12.5. The molecule has 51 heavy (non-hydrogen) atoms. The smallest absolute Gasteiger partial charge is 0.462 e. The van der Waals surface area contributed by atoms with E-state index >= 15 is 0 Å². The van der Waals surface area contributed by atoms with Crippen molar-refractivity contribution in [1.82, 2.24) is 0 Å². The minimum Gasteiger partial charge on any atom is -0.462 e. The van der Waals surface area contributed by atoms with Gasteiger partial charge in [0.15, 0.2) is 6.10 Å². The number of phosphoric acid groups is 1. The number of ether oxygens (including phenoxy) is 2. The van der Waals surface area contributed by atoms with Gasteiger partial charge >= 0.3 is 19.8 Å². The maximum Gasteiger partial charge on any atom is 0.472 e. The second-order valence-corrected chi connectivity index (χ2v) is 14.6. The highest BCUT2D eigenvalue weighted by molar-refractivity contribution is 7.47. The Hall–Kier alpha value is -2.03. The van der Waals surface area contributed by atoms with Crippen LogP contribution in [-0.4, -0.2) is 49.3 Å². The summed E-state index contributed by atoms with van der Waals surface area (Å²) in [6.45, 7) is 3.57. The summed E-state index contributed by atoms with van der Waals surface area (Å²) < 4.78 is 32.7. The molecule has 2 unspecified atom stereocenters. The van der Waals surface area contributed by atoms with Gasteiger partial charge in [-0.25, -0.2) is 4.57 Å². The van der Waals surface area contributed by atoms with Crippen molar-refractivity contribution in [2.24, 2.45) is 5.73 Å². The molecule has 9 nitrogen and oxygen atoms in total. The Labute approximate surface area is 311 Å². The molecule has 0 aromatic heterocycles. The van der Waals surface area contributed by atoms with Gasteiger partial charge in [-0.2, -0.15) is 0 Å². The highest BCUT2D eigenvalue weighted by Crippen LogP contribution is 2.43. The third-order valence-electron chi connectivity index (χ3n) is 8.20. The predicted molar refractivity (Wildman–Crippen MR) is 210 cm³/mol. The molecule has 0 amide bonds. The van der Waals surface area contributed by atoms with Gasteiger partial charge in [-0.1, -0.05) is 133 Å². The van der Waals surface area contributed by atoms with Gasteiger partial charge < -0.3 is 20.1 Å². The van der Waals surface area contributed by atoms with Crippen LogP contribution in [0.5, 0.6) is 0 Å². The molecule has 296 valence electrons. The number of hydrogen-bond donors (Lipinski definition) is 2. The van der Waals surface area contributed by atoms with E-state index < -0.39 is 32.5 Å². The second-order valence-electron chi connectivity index (χ2n) is 13.1. The summed E-state index contributed by atoms with van der Waals surface area (Å²) in [6.07, 6.45) is 41.3. The van der Waals surface area contributed by atoms with Gasteiger partial charge in [0.25, 0.3) is 0 Å². The molecule has 0 aliphatic carbocycles. The van der Waals surface area contributed by atoms with Crippen molar-refractivity contribution >= 4 is 19.8 Å². The number of rotatable bonds is 37. The summed E-state index contributed by atoms with van der Waals surface area (Å²) >= 11 is 0. The molecule has 0 rings (SSSR count). The molecule has 0 aromatic carbocycles. The van der Waals surface area contributed by atoms with Crippen LogP contribution in [0.15, 0.2) is 48.6 Å². The van der Waals surface area contributed by atoms with E-state index in [1.165, 1.54) is 51.4 Å². The average molecular weight is 740 g/mol. The van der Waals surface area contributed by atoms with Crippen molar-refractivity contribution < 1.29 is 37.6 Å². The summed E-state index contributed by atoms with van der Waals surface area (Å²) in [5, 5.41) is 0. The Balaban J connectivity index is 4.23. The zero-order valence-corrected chi connectivity index (χ0v) is 33.2. The monoisotopic (exact) mass is 740 g/mol. The lowest BCUT2D eigenvalue weighted by Crippen LogP contribution is -2.29. The molecule has 0 aliphatic heterocycles. The number of carbonyl (C=O) groups is 2. The van der Waals surface area contributed by atoms with E-state index in [0.29, 0.717) is 12.8 Å². The molecule has 0 aliphatic rings. The number of allylic oxidation sites excluding steroid dienone is 8. The Bertz CT molecular complexity index is 981. The molecule has 0 fully saturated rings. The van der Waals surface area contributed by atoms with E-state index in [-0.39, 0.29) is 32.6 Å². The average Bonchev–Trinajstić information content (AvgIpc) is 3.11. The molecule has 0 spiro atoms. The molecular formula is C41H74NO8P. The van der Waals surface area contributed by atoms with Crippen LogP contribution in [0.2, 0.25) is 0 Å². The van der Waals surface area contributed by atoms with Crippen LogP contribution in [0.3, 0.4) is 0 Å². The lowest BCUT2D eigenvalue weighted by Gasteiger charge is -2.19. The summed E-state index contributed by atoms with van der Waals surface area (Å²) in [4.78, 5) is 34.8. The van der Waals surface area contributed by atoms with Crippen molar-refractivity contribution in [2.75, 3.05) is 26.4 Å². The lowest BCUT2D eigenvalue weighted by atomic mass is 10.1. The van der Waals surface area contributed by atoms with Crippen molar-refractivity contribution in [3.05, 3.63) is 48.6 Å². The van der Waals surface area contributed by atoms with E-state index in [4.69, 9.17) is 24.3 Å². The van der Waals surface area contributed by atoms with Crippen LogP contribution in [0, 0.1) is 0 Å². The molecule has 0 radical (unpaired) electrons. The van der Waals surface area contributed by atoms with Crippen LogP contribution in [0.25, 0.3) is 0 Å². The molecule has 0 saturated carbocycles. The summed E-state index contributed by atoms with van der Waals surface area (Å²) in [5.41, 5.74) is 5.34. The largest absolute Gasteiger partial charge is 0.472 e. The zero-order valence-electron chi connectivity index (χ0n) is 32.3. The quantitative estimate of drug-likeness (QED) is 0.0276. The van der Waals surface area contributed by atoms with Crippen molar-refractivity contribution in [1.29, 1.82) is 0 Å². The summed E-state index contributed by atoms with van der Waals surface area (Å²) in [5.74, 6) is -0.856. The second kappa shape index (κ2) is 37.7. The predicted octanol–water partition coefficient (Wildman–Crippen LogP) is 11.2. The van der Waals surface area contributed by atoms with E-state index in [0.717, 1.165) is 77.0 Å². The fourth-order valence-electron chi connectivity index (χ4n) is 5.23. The minimum atomic E-state index is -4.38. The van der Waals surface area contributed by atoms with E-state index in [2.05, 4.69) is 62.5 Å². The Kier molecular flexibility index (Phi) is 36.2. The third kappa shape index (κ3) is 37.5. The molecule has 2 atom stereocenters. The van der Waals surface area contributed by atoms with Gasteiger partial charge in [-0.05, 0) is 70.6 Å². The van der Waals surface area contributed by atoms with Crippen LogP contribution < -0.4 is 5.73 Å². The van der Waals surface area contributed by atoms with Gasteiger partial charge in [-0.3, -0.25) is 18.6 Å². The summed E-state index contributed by atoms with van der Waals surface area (Å²) in [6, 6.07) is 0. The highest BCUT2D eigenvalue weighted by Gasteiger charge is 2.25. The van der Waals surface area contributed by atoms with Gasteiger partial charge in [0.1, 0.15) is 6.61 Å². The third-order valence-corrected chi connectivity index (χ3v) is 9.18. The first-order chi connectivity index (χ1) is 24.8. The van der Waals surface area contributed by atoms with Crippen molar-refractivity contribution in [3.63, 3.8) is 0 Å². The first-order valence-corrected chi connectivity index (χ1v) is 21.6. The first kappa shape index (κ1) is 49.0. The maximum atomic E-state index is 12.5. The highest BCUT2D eigenvalue weighted by atomic mass is 31.2. The van der Waals surface area contributed by atoms with Gasteiger partial charge in [-0.15, -0.1) is 0 Å². The van der Waals surface area contributed by atoms with Gasteiger partial charge in [0.2, 0.25) is 0 Å². The minimum absolute atomic E-state index is 0.0486. The number of unbranched alkanes of at least 4 members (excludes halogenated alkanes) is 16. The number of nitrogens with two attached hydrogens (primary N) is 1. The Morgan fingerprint density at radius 2 is 1.08 bits per heavy atom. The molecule has 3 N–H and O–H groups in total. The Morgan fingerprint density at radius 1 is 0.608 bits per heavy atom. The normalized spacial score (nSPS) is 13.9. The van der Waals surface area contributed by atoms with E-state index in [1.807, 2.05) is 0 Å². The molecule has 0 aromatic rings. The van der Waals surface area contributed by atoms with Crippen molar-refractivity contribution in [3.8, 4) is 0 Å². The molecule has 10 heteroatoms. The number of carbonyl (C=O) groups excluding carboxylic acids is 2. The molecular weight excluding hydrogens is 665 g/mol. The standard InChI is InChI=1S/C41H74NO8P/c1-3-5-7-9-11-13-15-17-19-21-23-25-27-29-31-33-40(43)47-37-39(38-49-51(45,46)48-36-35-42)50-41(44)34-32-30-28-26-24-22-20-18-16-14-12-10-8-6-4-2/h5,7,11,13-14,16-17,19,39H,3-4,6,8-10,12,15,18,20-38,42H2,1-2H3,(H,45,46). The topological polar surface area (TPSA) is 134 Å². The van der Waals surface area contributed by atoms with Crippen LogP contribution in [0.1, 0.15) is 168 Å². The fourth-order valence-corrected chi connectivity index (χ4v) is 6.00. The zero-order chi connectivity index (χ0) is 37.5. The molecule has 0 heterocycles. The number of esters is 2. The molecule has 0 bridgehead atoms. The summed E-state index contributed by atoms with van der Waals surface area (Å²) in [7, 11) is -4.38. The van der Waals surface area contributed by atoms with Crippen molar-refractivity contribution in [2.45, 2.75) is 174 Å². The van der Waals surface area contributed by atoms with Crippen LogP contribution in [-0.2, 0) is 32.7 Å². The van der Waals surface area contributed by atoms with Gasteiger partial charge in [0.05, 0.1) is 13.2 Å². The van der Waals surface area contributed by atoms with E-state index in [1.54, 1.807) is 0 Å². The van der Waals surface area contributed by atoms with Crippen LogP contribution in [0.4, 0.5) is 0 Å². The fraction of sp³-hybridized carbons (Fsp3) is 0.756. The van der Waals surface area contributed by atoms with Gasteiger partial charge in [0, 0.05) is 19.4 Å². The molecule has 0 saturated heterocycles. The number of hydrogen-bond acceptors (Lipinski definition) is 8. The lowest BCUT2D eigenvalue weighted by molar-refractivity contribution is -0.161. The Morgan fingerprint density at radius 3 is 1.63 bits per heavy atom. The SMILES string of the molecule is CCC=CCC=CCC=CCCCCCCCC(=O)OCC(COP(=O)(O)OCCN)OC(=O)CCCCCCCCCC=CCCCCCC. The number of phosphoric ester groups is 1. The van der Waals surface area contributed by atoms with Crippen LogP contribution >= 0.6 is 7.82 Å².